The van der Waals surface area contributed by atoms with Gasteiger partial charge in [0, 0.05) is 37.4 Å². The van der Waals surface area contributed by atoms with Crippen LogP contribution in [-0.2, 0) is 9.57 Å². The third kappa shape index (κ3) is 5.26. The van der Waals surface area contributed by atoms with Crippen molar-refractivity contribution in [3.63, 3.8) is 0 Å². The van der Waals surface area contributed by atoms with Crippen LogP contribution in [-0.4, -0.2) is 77.8 Å². The normalized spacial score (nSPS) is 14.2. The first kappa shape index (κ1) is 24.6. The van der Waals surface area contributed by atoms with Gasteiger partial charge < -0.3 is 15.4 Å². The van der Waals surface area contributed by atoms with Crippen LogP contribution in [0.2, 0.25) is 0 Å². The van der Waals surface area contributed by atoms with E-state index in [1.165, 1.54) is 13.4 Å². The van der Waals surface area contributed by atoms with Crippen LogP contribution in [0.3, 0.4) is 0 Å². The second-order valence-corrected chi connectivity index (χ2v) is 8.45. The Balaban J connectivity index is 1.58. The Morgan fingerprint density at radius 2 is 1.91 bits per heavy atom. The number of rotatable bonds is 8. The van der Waals surface area contributed by atoms with Crippen LogP contribution in [0.15, 0.2) is 24.5 Å². The highest BCUT2D eigenvalue weighted by Crippen LogP contribution is 2.29. The van der Waals surface area contributed by atoms with E-state index in [4.69, 9.17) is 9.57 Å². The van der Waals surface area contributed by atoms with Gasteiger partial charge in [-0.3, -0.25) is 19.3 Å². The number of hydrogen-bond acceptors (Lipinski definition) is 8. The Hall–Kier alpha value is -3.54. The molecule has 186 valence electrons. The van der Waals surface area contributed by atoms with Crippen LogP contribution in [0.5, 0.6) is 0 Å². The monoisotopic (exact) mass is 481 g/mol. The fraction of sp³-hybridized carbons (Fsp3) is 0.417. The summed E-state index contributed by atoms with van der Waals surface area (Å²) >= 11 is 0. The summed E-state index contributed by atoms with van der Waals surface area (Å²) in [6.45, 7) is 10.2. The summed E-state index contributed by atoms with van der Waals surface area (Å²) in [4.78, 5) is 36.7. The Morgan fingerprint density at radius 3 is 2.66 bits per heavy atom. The number of benzene rings is 1. The summed E-state index contributed by atoms with van der Waals surface area (Å²) in [5.41, 5.74) is 7.20. The van der Waals surface area contributed by atoms with E-state index >= 15 is 0 Å². The molecule has 1 aliphatic heterocycles. The maximum Gasteiger partial charge on any atom is 0.274 e. The molecule has 0 bridgehead atoms. The number of aryl methyl sites for hydroxylation is 3. The van der Waals surface area contributed by atoms with Gasteiger partial charge in [-0.15, -0.1) is 0 Å². The van der Waals surface area contributed by atoms with Gasteiger partial charge in [-0.05, 0) is 44.0 Å². The smallest absolute Gasteiger partial charge is 0.274 e. The molecule has 4 rings (SSSR count). The van der Waals surface area contributed by atoms with Crippen molar-refractivity contribution in [2.75, 3.05) is 51.8 Å². The van der Waals surface area contributed by atoms with E-state index in [9.17, 15) is 9.59 Å². The minimum Gasteiger partial charge on any atom is -0.379 e. The number of hydrogen-bond donors (Lipinski definition) is 3. The van der Waals surface area contributed by atoms with Crippen LogP contribution < -0.4 is 16.1 Å². The number of carbonyl (C=O) groups is 2. The fourth-order valence-electron chi connectivity index (χ4n) is 4.28. The molecule has 1 saturated heterocycles. The molecule has 1 aromatic carbocycles. The van der Waals surface area contributed by atoms with E-state index in [0.29, 0.717) is 34.7 Å². The van der Waals surface area contributed by atoms with Gasteiger partial charge in [-0.2, -0.15) is 5.10 Å². The summed E-state index contributed by atoms with van der Waals surface area (Å²) in [5.74, 6) is 0.0497. The molecule has 3 heterocycles. The number of nitrogens with one attached hydrogen (secondary N) is 3. The number of ether oxygens (including phenoxy) is 1. The van der Waals surface area contributed by atoms with Crippen molar-refractivity contribution in [1.82, 2.24) is 30.3 Å². The van der Waals surface area contributed by atoms with Gasteiger partial charge in [0.05, 0.1) is 31.6 Å². The predicted octanol–water partition coefficient (Wildman–Crippen LogP) is 1.75. The largest absolute Gasteiger partial charge is 0.379 e. The fourth-order valence-corrected chi connectivity index (χ4v) is 4.28. The highest BCUT2D eigenvalue weighted by atomic mass is 16.6. The van der Waals surface area contributed by atoms with Crippen molar-refractivity contribution in [2.24, 2.45) is 0 Å². The average Bonchev–Trinajstić information content (AvgIpc) is 3.12. The van der Waals surface area contributed by atoms with Crippen LogP contribution in [0, 0.1) is 20.8 Å². The molecule has 3 N–H and O–H groups in total. The zero-order valence-electron chi connectivity index (χ0n) is 20.5. The molecule has 0 atom stereocenters. The number of aromatic nitrogens is 3. The molecule has 0 radical (unpaired) electrons. The third-order valence-electron chi connectivity index (χ3n) is 6.19. The van der Waals surface area contributed by atoms with Gasteiger partial charge >= 0.3 is 0 Å². The average molecular weight is 482 g/mol. The van der Waals surface area contributed by atoms with E-state index in [1.807, 2.05) is 26.8 Å². The van der Waals surface area contributed by atoms with Crippen molar-refractivity contribution >= 4 is 28.8 Å². The lowest BCUT2D eigenvalue weighted by atomic mass is 10.1. The first-order chi connectivity index (χ1) is 16.9. The number of hydroxylamine groups is 1. The molecule has 0 saturated carbocycles. The number of nitrogens with zero attached hydrogens (tertiary/aromatic N) is 4. The summed E-state index contributed by atoms with van der Waals surface area (Å²) in [7, 11) is 1.39. The van der Waals surface area contributed by atoms with E-state index in [1.54, 1.807) is 16.6 Å². The Bertz CT molecular complexity index is 1230. The molecule has 0 aliphatic carbocycles. The Labute approximate surface area is 203 Å². The molecule has 0 spiro atoms. The molecule has 11 heteroatoms. The summed E-state index contributed by atoms with van der Waals surface area (Å²) in [6.07, 6.45) is 1.44. The van der Waals surface area contributed by atoms with E-state index in [-0.39, 0.29) is 11.8 Å². The zero-order valence-corrected chi connectivity index (χ0v) is 20.5. The summed E-state index contributed by atoms with van der Waals surface area (Å²) in [5, 5.41) is 10.7. The minimum absolute atomic E-state index is 0.140. The maximum atomic E-state index is 13.1. The second kappa shape index (κ2) is 10.8. The molecular formula is C24H31N7O4. The maximum absolute atomic E-state index is 13.1. The molecule has 3 aromatic rings. The second-order valence-electron chi connectivity index (χ2n) is 8.45. The van der Waals surface area contributed by atoms with E-state index < -0.39 is 0 Å². The van der Waals surface area contributed by atoms with Gasteiger partial charge in [0.15, 0.2) is 5.82 Å². The van der Waals surface area contributed by atoms with Gasteiger partial charge in [-0.25, -0.2) is 15.0 Å². The van der Waals surface area contributed by atoms with Gasteiger partial charge in [0.2, 0.25) is 0 Å². The molecule has 0 unspecified atom stereocenters. The number of anilines is 2. The molecule has 1 fully saturated rings. The van der Waals surface area contributed by atoms with Crippen molar-refractivity contribution in [3.8, 4) is 0 Å². The van der Waals surface area contributed by atoms with Crippen LogP contribution >= 0.6 is 0 Å². The Morgan fingerprint density at radius 1 is 1.14 bits per heavy atom. The topological polar surface area (TPSA) is 122 Å². The molecule has 11 nitrogen and oxygen atoms in total. The van der Waals surface area contributed by atoms with Crippen molar-refractivity contribution in [3.05, 3.63) is 52.5 Å². The van der Waals surface area contributed by atoms with Crippen LogP contribution in [0.1, 0.15) is 37.5 Å². The highest BCUT2D eigenvalue weighted by molar-refractivity contribution is 6.01. The van der Waals surface area contributed by atoms with Gasteiger partial charge in [0.1, 0.15) is 11.8 Å². The third-order valence-corrected chi connectivity index (χ3v) is 6.19. The van der Waals surface area contributed by atoms with Crippen molar-refractivity contribution in [2.45, 2.75) is 20.8 Å². The lowest BCUT2D eigenvalue weighted by Gasteiger charge is -2.26. The molecule has 1 aliphatic rings. The zero-order chi connectivity index (χ0) is 24.9. The SMILES string of the molecule is CONC(=O)c1ccc(C)c(Nc2ncnn3c(C)c(C(=O)NCCN4CCOCC4)c(C)c23)c1. The van der Waals surface area contributed by atoms with Crippen molar-refractivity contribution < 1.29 is 19.2 Å². The Kier molecular flexibility index (Phi) is 7.59. The lowest BCUT2D eigenvalue weighted by molar-refractivity contribution is 0.0383. The number of amides is 2. The van der Waals surface area contributed by atoms with Gasteiger partial charge in [0.25, 0.3) is 11.8 Å². The quantitative estimate of drug-likeness (QED) is 0.416. The van der Waals surface area contributed by atoms with E-state index in [2.05, 4.69) is 31.1 Å². The van der Waals surface area contributed by atoms with Gasteiger partial charge in [-0.1, -0.05) is 6.07 Å². The lowest BCUT2D eigenvalue weighted by Crippen LogP contribution is -2.41. The number of carbonyl (C=O) groups excluding carboxylic acids is 2. The first-order valence-electron chi connectivity index (χ1n) is 11.5. The number of morpholine rings is 1. The standard InChI is InChI=1S/C24H31N7O4/c1-15-5-6-18(23(32)29-34-4)13-19(15)28-22-21-16(2)20(17(3)31(21)27-14-26-22)24(33)25-7-8-30-9-11-35-12-10-30/h5-6,13-14H,7-12H2,1-4H3,(H,25,33)(H,29,32)(H,26,27,28). The van der Waals surface area contributed by atoms with Crippen molar-refractivity contribution in [1.29, 1.82) is 0 Å². The summed E-state index contributed by atoms with van der Waals surface area (Å²) < 4.78 is 7.10. The van der Waals surface area contributed by atoms with E-state index in [0.717, 1.165) is 49.7 Å². The molecule has 35 heavy (non-hydrogen) atoms. The first-order valence-corrected chi connectivity index (χ1v) is 11.5. The van der Waals surface area contributed by atoms with Crippen LogP contribution in [0.4, 0.5) is 11.5 Å². The highest BCUT2D eigenvalue weighted by Gasteiger charge is 2.23. The number of fused-ring (bicyclic) bond motifs is 1. The minimum atomic E-state index is -0.353. The summed E-state index contributed by atoms with van der Waals surface area (Å²) in [6, 6.07) is 5.29. The predicted molar refractivity (Wildman–Crippen MR) is 131 cm³/mol. The van der Waals surface area contributed by atoms with Crippen LogP contribution in [0.25, 0.3) is 5.52 Å². The molecule has 2 aromatic heterocycles. The molecule has 2 amide bonds. The molecular weight excluding hydrogens is 450 g/mol.